The summed E-state index contributed by atoms with van der Waals surface area (Å²) < 4.78 is 44.1. The predicted molar refractivity (Wildman–Crippen MR) is 99.7 cm³/mol. The van der Waals surface area contributed by atoms with Crippen LogP contribution < -0.4 is 5.56 Å². The molecule has 29 heavy (non-hydrogen) atoms. The van der Waals surface area contributed by atoms with E-state index in [1.54, 1.807) is 25.1 Å². The lowest BCUT2D eigenvalue weighted by molar-refractivity contribution is -0.141. The van der Waals surface area contributed by atoms with Gasteiger partial charge in [0.1, 0.15) is 17.2 Å². The summed E-state index contributed by atoms with van der Waals surface area (Å²) in [6.45, 7) is 0.546. The Balaban J connectivity index is 1.85. The van der Waals surface area contributed by atoms with E-state index in [1.165, 1.54) is 11.0 Å². The van der Waals surface area contributed by atoms with Crippen LogP contribution in [0.1, 0.15) is 40.1 Å². The maximum Gasteiger partial charge on any atom is 0.406 e. The van der Waals surface area contributed by atoms with Crippen molar-refractivity contribution in [3.05, 3.63) is 51.0 Å². The van der Waals surface area contributed by atoms with Gasteiger partial charge in [-0.05, 0) is 43.4 Å². The van der Waals surface area contributed by atoms with E-state index >= 15 is 0 Å². The Morgan fingerprint density at radius 3 is 2.76 bits per heavy atom. The first kappa shape index (κ1) is 19.5. The summed E-state index contributed by atoms with van der Waals surface area (Å²) in [4.78, 5) is 32.0. The molecule has 0 N–H and O–H groups in total. The van der Waals surface area contributed by atoms with Gasteiger partial charge in [-0.25, -0.2) is 4.98 Å². The minimum absolute atomic E-state index is 0.0491. The highest BCUT2D eigenvalue weighted by Gasteiger charge is 2.38. The Labute approximate surface area is 167 Å². The number of aryl methyl sites for hydroxylation is 1. The van der Waals surface area contributed by atoms with Gasteiger partial charge in [0.15, 0.2) is 0 Å². The molecule has 1 atom stereocenters. The van der Waals surface area contributed by atoms with Crippen LogP contribution in [0.25, 0.3) is 10.9 Å². The van der Waals surface area contributed by atoms with Crippen molar-refractivity contribution in [2.75, 3.05) is 6.54 Å². The molecule has 7 nitrogen and oxygen atoms in total. The first-order chi connectivity index (χ1) is 13.8. The quantitative estimate of drug-likeness (QED) is 0.647. The highest BCUT2D eigenvalue weighted by atomic mass is 32.1. The number of benzene rings is 1. The van der Waals surface area contributed by atoms with Crippen LogP contribution in [0.3, 0.4) is 0 Å². The summed E-state index contributed by atoms with van der Waals surface area (Å²) in [5, 5.41) is 3.94. The highest BCUT2D eigenvalue weighted by molar-refractivity contribution is 7.07. The minimum Gasteiger partial charge on any atom is -0.328 e. The van der Waals surface area contributed by atoms with Crippen molar-refractivity contribution >= 4 is 28.3 Å². The van der Waals surface area contributed by atoms with Gasteiger partial charge in [-0.1, -0.05) is 16.6 Å². The van der Waals surface area contributed by atoms with Crippen LogP contribution in [0.5, 0.6) is 0 Å². The van der Waals surface area contributed by atoms with Crippen LogP contribution in [0, 0.1) is 6.92 Å². The van der Waals surface area contributed by atoms with E-state index < -0.39 is 24.3 Å². The molecule has 0 saturated carbocycles. The zero-order chi connectivity index (χ0) is 20.8. The standard InChI is InChI=1S/C18H16F3N5O2S/c1-10-14(29-24-23-10)17(28)25-8-4-7-13(25)15-22-12-6-3-2-5-11(12)16(27)26(15)9-18(19,20)21/h2-3,5-6,13H,4,7-9H2,1H3. The molecule has 1 fully saturated rings. The average Bonchev–Trinajstić information content (AvgIpc) is 3.31. The normalized spacial score (nSPS) is 17.2. The molecular formula is C18H16F3N5O2S. The van der Waals surface area contributed by atoms with Crippen LogP contribution in [0.2, 0.25) is 0 Å². The Kier molecular flexibility index (Phi) is 4.85. The van der Waals surface area contributed by atoms with Crippen molar-refractivity contribution in [3.63, 3.8) is 0 Å². The second kappa shape index (κ2) is 7.21. The molecule has 3 heterocycles. The van der Waals surface area contributed by atoms with E-state index in [-0.39, 0.29) is 17.1 Å². The van der Waals surface area contributed by atoms with E-state index in [4.69, 9.17) is 0 Å². The molecular weight excluding hydrogens is 407 g/mol. The highest BCUT2D eigenvalue weighted by Crippen LogP contribution is 2.34. The molecule has 0 aliphatic carbocycles. The van der Waals surface area contributed by atoms with Crippen molar-refractivity contribution in [1.29, 1.82) is 0 Å². The van der Waals surface area contributed by atoms with Crippen molar-refractivity contribution < 1.29 is 18.0 Å². The topological polar surface area (TPSA) is 81.0 Å². The molecule has 0 bridgehead atoms. The van der Waals surface area contributed by atoms with Crippen LogP contribution >= 0.6 is 11.5 Å². The summed E-state index contributed by atoms with van der Waals surface area (Å²) in [5.41, 5.74) is 0.00326. The van der Waals surface area contributed by atoms with Gasteiger partial charge in [-0.15, -0.1) is 5.10 Å². The molecule has 1 amide bonds. The van der Waals surface area contributed by atoms with Gasteiger partial charge in [0.25, 0.3) is 11.5 Å². The number of carbonyl (C=O) groups is 1. The van der Waals surface area contributed by atoms with Gasteiger partial charge in [0, 0.05) is 6.54 Å². The number of aromatic nitrogens is 4. The molecule has 3 aromatic rings. The number of fused-ring (bicyclic) bond motifs is 1. The zero-order valence-corrected chi connectivity index (χ0v) is 16.1. The lowest BCUT2D eigenvalue weighted by Gasteiger charge is -2.26. The Morgan fingerprint density at radius 1 is 1.31 bits per heavy atom. The third-order valence-electron chi connectivity index (χ3n) is 4.89. The van der Waals surface area contributed by atoms with Gasteiger partial charge in [-0.3, -0.25) is 14.2 Å². The van der Waals surface area contributed by atoms with Gasteiger partial charge in [0.05, 0.1) is 22.6 Å². The summed E-state index contributed by atoms with van der Waals surface area (Å²) in [6.07, 6.45) is -3.59. The Hall–Kier alpha value is -2.82. The number of rotatable bonds is 3. The lowest BCUT2D eigenvalue weighted by Crippen LogP contribution is -2.37. The second-order valence-electron chi connectivity index (χ2n) is 6.84. The van der Waals surface area contributed by atoms with E-state index in [2.05, 4.69) is 14.6 Å². The SMILES string of the molecule is Cc1nnsc1C(=O)N1CCCC1c1nc2ccccc2c(=O)n1CC(F)(F)F. The van der Waals surface area contributed by atoms with E-state index in [9.17, 15) is 22.8 Å². The van der Waals surface area contributed by atoms with Crippen molar-refractivity contribution in [2.24, 2.45) is 0 Å². The van der Waals surface area contributed by atoms with E-state index in [0.717, 1.165) is 11.5 Å². The molecule has 1 saturated heterocycles. The molecule has 1 aromatic carbocycles. The Bertz CT molecular complexity index is 1140. The number of carbonyl (C=O) groups excluding carboxylic acids is 1. The number of hydrogen-bond acceptors (Lipinski definition) is 6. The smallest absolute Gasteiger partial charge is 0.328 e. The second-order valence-corrected chi connectivity index (χ2v) is 7.59. The number of likely N-dealkylation sites (tertiary alicyclic amines) is 1. The van der Waals surface area contributed by atoms with Gasteiger partial charge < -0.3 is 4.90 Å². The maximum atomic E-state index is 13.2. The summed E-state index contributed by atoms with van der Waals surface area (Å²) in [6, 6.07) is 5.54. The maximum absolute atomic E-state index is 13.2. The number of halogens is 3. The average molecular weight is 423 g/mol. The number of amides is 1. The van der Waals surface area contributed by atoms with E-state index in [0.29, 0.717) is 40.0 Å². The monoisotopic (exact) mass is 423 g/mol. The summed E-state index contributed by atoms with van der Waals surface area (Å²) in [5.74, 6) is -0.409. The molecule has 1 aliphatic heterocycles. The van der Waals surface area contributed by atoms with Crippen molar-refractivity contribution in [2.45, 2.75) is 38.5 Å². The first-order valence-electron chi connectivity index (χ1n) is 8.92. The van der Waals surface area contributed by atoms with Crippen LogP contribution in [0.15, 0.2) is 29.1 Å². The van der Waals surface area contributed by atoms with Crippen LogP contribution in [0.4, 0.5) is 13.2 Å². The third-order valence-corrected chi connectivity index (χ3v) is 5.70. The molecule has 4 rings (SSSR count). The molecule has 1 unspecified atom stereocenters. The number of alkyl halides is 3. The molecule has 2 aromatic heterocycles. The number of nitrogens with zero attached hydrogens (tertiary/aromatic N) is 5. The Morgan fingerprint density at radius 2 is 2.07 bits per heavy atom. The summed E-state index contributed by atoms with van der Waals surface area (Å²) >= 11 is 0.940. The van der Waals surface area contributed by atoms with Crippen LogP contribution in [-0.4, -0.2) is 42.7 Å². The fourth-order valence-electron chi connectivity index (χ4n) is 3.61. The number of hydrogen-bond donors (Lipinski definition) is 0. The van der Waals surface area contributed by atoms with Gasteiger partial charge in [0.2, 0.25) is 0 Å². The lowest BCUT2D eigenvalue weighted by atomic mass is 10.1. The molecule has 1 aliphatic rings. The summed E-state index contributed by atoms with van der Waals surface area (Å²) in [7, 11) is 0. The van der Waals surface area contributed by atoms with Crippen molar-refractivity contribution in [3.8, 4) is 0 Å². The zero-order valence-electron chi connectivity index (χ0n) is 15.3. The first-order valence-corrected chi connectivity index (χ1v) is 9.70. The molecule has 11 heteroatoms. The fourth-order valence-corrected chi connectivity index (χ4v) is 4.22. The van der Waals surface area contributed by atoms with Gasteiger partial charge in [-0.2, -0.15) is 13.2 Å². The largest absolute Gasteiger partial charge is 0.406 e. The van der Waals surface area contributed by atoms with Crippen LogP contribution in [-0.2, 0) is 6.54 Å². The molecule has 0 radical (unpaired) electrons. The minimum atomic E-state index is -4.60. The molecule has 0 spiro atoms. The predicted octanol–water partition coefficient (Wildman–Crippen LogP) is 3.10. The third kappa shape index (κ3) is 3.61. The van der Waals surface area contributed by atoms with E-state index in [1.807, 2.05) is 0 Å². The number of para-hydroxylation sites is 1. The van der Waals surface area contributed by atoms with Crippen molar-refractivity contribution in [1.82, 2.24) is 24.0 Å². The fraction of sp³-hybridized carbons (Fsp3) is 0.389. The van der Waals surface area contributed by atoms with Gasteiger partial charge >= 0.3 is 6.18 Å². The molecule has 152 valence electrons.